The number of carbonyl (C=O) groups excluding carboxylic acids is 1. The highest BCUT2D eigenvalue weighted by molar-refractivity contribution is 5.87. The minimum absolute atomic E-state index is 0.00531. The van der Waals surface area contributed by atoms with Gasteiger partial charge in [0.2, 0.25) is 5.91 Å². The molecule has 1 aliphatic rings. The maximum atomic E-state index is 11.8. The number of nitriles is 1. The van der Waals surface area contributed by atoms with Gasteiger partial charge in [-0.25, -0.2) is 0 Å². The number of likely N-dealkylation sites (N-methyl/N-ethyl adjacent to an activating group) is 1. The number of amides is 1. The molecular formula is C13H16N4O. The van der Waals surface area contributed by atoms with Crippen molar-refractivity contribution in [3.05, 3.63) is 23.8 Å². The van der Waals surface area contributed by atoms with Gasteiger partial charge in [-0.2, -0.15) is 5.26 Å². The van der Waals surface area contributed by atoms with E-state index < -0.39 is 0 Å². The van der Waals surface area contributed by atoms with Crippen molar-refractivity contribution >= 4 is 17.3 Å². The predicted molar refractivity (Wildman–Crippen MR) is 70.0 cm³/mol. The molecule has 3 N–H and O–H groups in total. The Balaban J connectivity index is 2.36. The van der Waals surface area contributed by atoms with E-state index in [4.69, 9.17) is 11.0 Å². The number of hydrogen-bond acceptors (Lipinski definition) is 4. The molecule has 0 aliphatic carbocycles. The average Bonchev–Trinajstić information content (AvgIpc) is 2.87. The van der Waals surface area contributed by atoms with Gasteiger partial charge in [-0.05, 0) is 31.0 Å². The summed E-state index contributed by atoms with van der Waals surface area (Å²) in [4.78, 5) is 13.8. The van der Waals surface area contributed by atoms with E-state index in [-0.39, 0.29) is 11.9 Å². The van der Waals surface area contributed by atoms with Crippen LogP contribution in [-0.2, 0) is 4.79 Å². The zero-order chi connectivity index (χ0) is 13.1. The number of nitrogens with one attached hydrogen (secondary N) is 1. The average molecular weight is 244 g/mol. The van der Waals surface area contributed by atoms with E-state index in [1.807, 2.05) is 4.90 Å². The van der Waals surface area contributed by atoms with Crippen molar-refractivity contribution in [2.75, 3.05) is 24.2 Å². The molecule has 0 radical (unpaired) electrons. The molecule has 1 saturated heterocycles. The van der Waals surface area contributed by atoms with Crippen LogP contribution in [0.5, 0.6) is 0 Å². The Kier molecular flexibility index (Phi) is 3.38. The molecular weight excluding hydrogens is 228 g/mol. The highest BCUT2D eigenvalue weighted by Gasteiger charge is 2.31. The van der Waals surface area contributed by atoms with Gasteiger partial charge in [-0.15, -0.1) is 0 Å². The molecule has 1 heterocycles. The number of nitrogen functional groups attached to an aromatic ring is 1. The van der Waals surface area contributed by atoms with E-state index in [1.165, 1.54) is 0 Å². The van der Waals surface area contributed by atoms with Gasteiger partial charge in [-0.3, -0.25) is 4.79 Å². The van der Waals surface area contributed by atoms with Crippen molar-refractivity contribution in [2.45, 2.75) is 18.9 Å². The Morgan fingerprint density at radius 1 is 1.61 bits per heavy atom. The fourth-order valence-electron chi connectivity index (χ4n) is 2.36. The minimum Gasteiger partial charge on any atom is -0.397 e. The SMILES string of the molecule is CNC(=O)C1CCCN1c1cc(C#N)ccc1N. The van der Waals surface area contributed by atoms with Crippen LogP contribution in [0.1, 0.15) is 18.4 Å². The summed E-state index contributed by atoms with van der Waals surface area (Å²) in [5.41, 5.74) is 7.88. The normalized spacial score (nSPS) is 18.4. The zero-order valence-corrected chi connectivity index (χ0v) is 10.3. The van der Waals surface area contributed by atoms with Gasteiger partial charge in [0, 0.05) is 13.6 Å². The molecule has 94 valence electrons. The molecule has 1 unspecified atom stereocenters. The van der Waals surface area contributed by atoms with Gasteiger partial charge in [0.1, 0.15) is 6.04 Å². The molecule has 0 spiro atoms. The van der Waals surface area contributed by atoms with Crippen molar-refractivity contribution in [1.29, 1.82) is 5.26 Å². The molecule has 1 fully saturated rings. The summed E-state index contributed by atoms with van der Waals surface area (Å²) in [6, 6.07) is 7.05. The highest BCUT2D eigenvalue weighted by Crippen LogP contribution is 2.31. The molecule has 5 nitrogen and oxygen atoms in total. The summed E-state index contributed by atoms with van der Waals surface area (Å²) in [7, 11) is 1.63. The Bertz CT molecular complexity index is 506. The first-order valence-electron chi connectivity index (χ1n) is 5.95. The zero-order valence-electron chi connectivity index (χ0n) is 10.3. The summed E-state index contributed by atoms with van der Waals surface area (Å²) in [6.07, 6.45) is 1.77. The monoisotopic (exact) mass is 244 g/mol. The van der Waals surface area contributed by atoms with E-state index in [9.17, 15) is 4.79 Å². The van der Waals surface area contributed by atoms with Crippen LogP contribution in [0.2, 0.25) is 0 Å². The second-order valence-corrected chi connectivity index (χ2v) is 4.35. The summed E-state index contributed by atoms with van der Waals surface area (Å²) >= 11 is 0. The standard InChI is InChI=1S/C13H16N4O/c1-16-13(18)11-3-2-6-17(11)12-7-9(8-14)4-5-10(12)15/h4-5,7,11H,2-3,6,15H2,1H3,(H,16,18). The molecule has 1 amide bonds. The summed E-state index contributed by atoms with van der Waals surface area (Å²) in [5, 5.41) is 11.6. The Hall–Kier alpha value is -2.22. The number of carbonyl (C=O) groups is 1. The number of anilines is 2. The van der Waals surface area contributed by atoms with Crippen LogP contribution < -0.4 is 16.0 Å². The predicted octanol–water partition coefficient (Wildman–Crippen LogP) is 0.855. The van der Waals surface area contributed by atoms with Crippen LogP contribution in [0.3, 0.4) is 0 Å². The van der Waals surface area contributed by atoms with Crippen LogP contribution >= 0.6 is 0 Å². The van der Waals surface area contributed by atoms with Gasteiger partial charge < -0.3 is 16.0 Å². The van der Waals surface area contributed by atoms with E-state index in [0.29, 0.717) is 11.3 Å². The van der Waals surface area contributed by atoms with Crippen LogP contribution in [0.4, 0.5) is 11.4 Å². The summed E-state index contributed by atoms with van der Waals surface area (Å²) in [5.74, 6) is -0.00531. The lowest BCUT2D eigenvalue weighted by atomic mass is 10.1. The Morgan fingerprint density at radius 3 is 3.06 bits per heavy atom. The van der Waals surface area contributed by atoms with Crippen molar-refractivity contribution in [2.24, 2.45) is 0 Å². The fourth-order valence-corrected chi connectivity index (χ4v) is 2.36. The third-order valence-electron chi connectivity index (χ3n) is 3.27. The number of benzene rings is 1. The van der Waals surface area contributed by atoms with E-state index in [2.05, 4.69) is 11.4 Å². The molecule has 5 heteroatoms. The molecule has 1 aromatic carbocycles. The molecule has 0 saturated carbocycles. The summed E-state index contributed by atoms with van der Waals surface area (Å²) in [6.45, 7) is 0.789. The largest absolute Gasteiger partial charge is 0.397 e. The molecule has 18 heavy (non-hydrogen) atoms. The number of nitrogens with zero attached hydrogens (tertiary/aromatic N) is 2. The smallest absolute Gasteiger partial charge is 0.242 e. The van der Waals surface area contributed by atoms with Crippen molar-refractivity contribution in [1.82, 2.24) is 5.32 Å². The van der Waals surface area contributed by atoms with Crippen LogP contribution in [0.15, 0.2) is 18.2 Å². The maximum Gasteiger partial charge on any atom is 0.242 e. The van der Waals surface area contributed by atoms with Crippen LogP contribution in [-0.4, -0.2) is 25.5 Å². The molecule has 0 bridgehead atoms. The molecule has 2 rings (SSSR count). The third kappa shape index (κ3) is 2.09. The van der Waals surface area contributed by atoms with Gasteiger partial charge in [-0.1, -0.05) is 0 Å². The van der Waals surface area contributed by atoms with Crippen molar-refractivity contribution in [3.8, 4) is 6.07 Å². The topological polar surface area (TPSA) is 82.2 Å². The lowest BCUT2D eigenvalue weighted by Crippen LogP contribution is -2.42. The quantitative estimate of drug-likeness (QED) is 0.756. The highest BCUT2D eigenvalue weighted by atomic mass is 16.2. The Labute approximate surface area is 106 Å². The molecule has 1 atom stereocenters. The molecule has 1 aliphatic heterocycles. The van der Waals surface area contributed by atoms with E-state index in [0.717, 1.165) is 25.1 Å². The molecule has 0 aromatic heterocycles. The van der Waals surface area contributed by atoms with Gasteiger partial charge >= 0.3 is 0 Å². The first kappa shape index (κ1) is 12.2. The van der Waals surface area contributed by atoms with E-state index >= 15 is 0 Å². The Morgan fingerprint density at radius 2 is 2.39 bits per heavy atom. The van der Waals surface area contributed by atoms with Gasteiger partial charge in [0.05, 0.1) is 23.0 Å². The number of hydrogen-bond donors (Lipinski definition) is 2. The van der Waals surface area contributed by atoms with Gasteiger partial charge in [0.25, 0.3) is 0 Å². The minimum atomic E-state index is -0.189. The number of nitrogens with two attached hydrogens (primary N) is 1. The van der Waals surface area contributed by atoms with Crippen molar-refractivity contribution < 1.29 is 4.79 Å². The second-order valence-electron chi connectivity index (χ2n) is 4.35. The van der Waals surface area contributed by atoms with Gasteiger partial charge in [0.15, 0.2) is 0 Å². The lowest BCUT2D eigenvalue weighted by Gasteiger charge is -2.26. The van der Waals surface area contributed by atoms with Crippen molar-refractivity contribution in [3.63, 3.8) is 0 Å². The lowest BCUT2D eigenvalue weighted by molar-refractivity contribution is -0.121. The first-order chi connectivity index (χ1) is 8.67. The molecule has 1 aromatic rings. The van der Waals surface area contributed by atoms with Crippen LogP contribution in [0.25, 0.3) is 0 Å². The number of rotatable bonds is 2. The second kappa shape index (κ2) is 4.96. The first-order valence-corrected chi connectivity index (χ1v) is 5.95. The van der Waals surface area contributed by atoms with Crippen LogP contribution in [0, 0.1) is 11.3 Å². The summed E-state index contributed by atoms with van der Waals surface area (Å²) < 4.78 is 0. The fraction of sp³-hybridized carbons (Fsp3) is 0.385. The third-order valence-corrected chi connectivity index (χ3v) is 3.27. The maximum absolute atomic E-state index is 11.8. The van der Waals surface area contributed by atoms with E-state index in [1.54, 1.807) is 25.2 Å².